The minimum absolute atomic E-state index is 0.0649. The number of hydrogen-bond donors (Lipinski definition) is 1. The maximum Gasteiger partial charge on any atom is 0.234 e. The molecule has 3 aromatic rings. The first kappa shape index (κ1) is 20.4. The molecular formula is C19H15Cl2FN4OS. The Bertz CT molecular complexity index is 1020. The van der Waals surface area contributed by atoms with Crippen LogP contribution in [-0.2, 0) is 11.3 Å². The van der Waals surface area contributed by atoms with Crippen LogP contribution in [0.25, 0.3) is 11.4 Å². The largest absolute Gasteiger partial charge is 0.324 e. The van der Waals surface area contributed by atoms with Gasteiger partial charge in [-0.1, -0.05) is 53.2 Å². The molecule has 0 unspecified atom stereocenters. The molecule has 144 valence electrons. The maximum absolute atomic E-state index is 14.1. The number of amides is 1. The van der Waals surface area contributed by atoms with E-state index in [0.29, 0.717) is 38.8 Å². The number of halogens is 3. The van der Waals surface area contributed by atoms with E-state index in [0.717, 1.165) is 0 Å². The number of benzene rings is 2. The first-order valence-corrected chi connectivity index (χ1v) is 9.90. The van der Waals surface area contributed by atoms with Crippen LogP contribution >= 0.6 is 35.0 Å². The molecule has 1 heterocycles. The van der Waals surface area contributed by atoms with Gasteiger partial charge in [-0.2, -0.15) is 0 Å². The summed E-state index contributed by atoms with van der Waals surface area (Å²) in [5, 5.41) is 12.2. The van der Waals surface area contributed by atoms with Crippen LogP contribution in [0.4, 0.5) is 10.1 Å². The molecule has 0 aliphatic heterocycles. The first-order chi connectivity index (χ1) is 13.5. The molecule has 0 atom stereocenters. The van der Waals surface area contributed by atoms with Crippen molar-refractivity contribution < 1.29 is 9.18 Å². The van der Waals surface area contributed by atoms with Gasteiger partial charge in [0.2, 0.25) is 5.91 Å². The second-order valence-corrected chi connectivity index (χ2v) is 7.43. The summed E-state index contributed by atoms with van der Waals surface area (Å²) in [4.78, 5) is 12.3. The summed E-state index contributed by atoms with van der Waals surface area (Å²) in [5.74, 6) is -0.242. The van der Waals surface area contributed by atoms with Crippen molar-refractivity contribution in [3.05, 3.63) is 71.0 Å². The number of nitrogens with one attached hydrogen (secondary N) is 1. The molecule has 5 nitrogen and oxygen atoms in total. The van der Waals surface area contributed by atoms with Crippen LogP contribution in [0.3, 0.4) is 0 Å². The number of thioether (sulfide) groups is 1. The zero-order valence-electron chi connectivity index (χ0n) is 14.5. The van der Waals surface area contributed by atoms with Crippen LogP contribution in [0.1, 0.15) is 0 Å². The Kier molecular flexibility index (Phi) is 6.72. The molecule has 28 heavy (non-hydrogen) atoms. The highest BCUT2D eigenvalue weighted by Gasteiger charge is 2.17. The lowest BCUT2D eigenvalue weighted by Gasteiger charge is -2.09. The minimum atomic E-state index is -0.398. The average molecular weight is 437 g/mol. The van der Waals surface area contributed by atoms with E-state index in [9.17, 15) is 9.18 Å². The summed E-state index contributed by atoms with van der Waals surface area (Å²) in [6.45, 7) is 4.09. The van der Waals surface area contributed by atoms with E-state index in [2.05, 4.69) is 22.1 Å². The smallest absolute Gasteiger partial charge is 0.234 e. The molecule has 0 saturated carbocycles. The number of aromatic nitrogens is 3. The highest BCUT2D eigenvalue weighted by Crippen LogP contribution is 2.28. The minimum Gasteiger partial charge on any atom is -0.324 e. The lowest BCUT2D eigenvalue weighted by molar-refractivity contribution is -0.113. The van der Waals surface area contributed by atoms with Gasteiger partial charge in [0, 0.05) is 11.6 Å². The number of carbonyl (C=O) groups is 1. The molecule has 9 heteroatoms. The number of allylic oxidation sites excluding steroid dienone is 1. The Labute approximate surface area is 175 Å². The van der Waals surface area contributed by atoms with Crippen molar-refractivity contribution >= 4 is 46.6 Å². The maximum atomic E-state index is 14.1. The predicted molar refractivity (Wildman–Crippen MR) is 111 cm³/mol. The molecule has 0 aliphatic rings. The van der Waals surface area contributed by atoms with E-state index in [1.165, 1.54) is 17.8 Å². The van der Waals surface area contributed by atoms with Gasteiger partial charge in [0.15, 0.2) is 11.0 Å². The fraction of sp³-hybridized carbons (Fsp3) is 0.105. The van der Waals surface area contributed by atoms with E-state index < -0.39 is 5.82 Å². The van der Waals surface area contributed by atoms with Gasteiger partial charge in [0.1, 0.15) is 5.82 Å². The highest BCUT2D eigenvalue weighted by molar-refractivity contribution is 7.99. The van der Waals surface area contributed by atoms with Gasteiger partial charge in [-0.25, -0.2) is 4.39 Å². The number of rotatable bonds is 7. The van der Waals surface area contributed by atoms with Gasteiger partial charge in [-0.3, -0.25) is 9.36 Å². The van der Waals surface area contributed by atoms with Crippen molar-refractivity contribution in [3.63, 3.8) is 0 Å². The topological polar surface area (TPSA) is 59.8 Å². The normalized spacial score (nSPS) is 10.7. The Balaban J connectivity index is 1.75. The van der Waals surface area contributed by atoms with Crippen LogP contribution in [0, 0.1) is 5.82 Å². The van der Waals surface area contributed by atoms with E-state index in [4.69, 9.17) is 23.2 Å². The summed E-state index contributed by atoms with van der Waals surface area (Å²) in [6.07, 6.45) is 1.66. The zero-order valence-corrected chi connectivity index (χ0v) is 16.9. The lowest BCUT2D eigenvalue weighted by atomic mass is 10.2. The average Bonchev–Trinajstić information content (AvgIpc) is 3.06. The third-order valence-electron chi connectivity index (χ3n) is 3.68. The molecule has 2 aromatic carbocycles. The molecule has 0 radical (unpaired) electrons. The van der Waals surface area contributed by atoms with Gasteiger partial charge in [0.05, 0.1) is 22.0 Å². The van der Waals surface area contributed by atoms with Gasteiger partial charge in [-0.05, 0) is 30.3 Å². The molecule has 0 bridgehead atoms. The van der Waals surface area contributed by atoms with Crippen molar-refractivity contribution in [3.8, 4) is 11.4 Å². The fourth-order valence-electron chi connectivity index (χ4n) is 2.44. The number of anilines is 1. The SMILES string of the molecule is C=CCn1c(SCC(=O)Nc2cc(Cl)ccc2Cl)nnc1-c1ccccc1F. The van der Waals surface area contributed by atoms with Gasteiger partial charge >= 0.3 is 0 Å². The summed E-state index contributed by atoms with van der Waals surface area (Å²) in [5.41, 5.74) is 0.762. The summed E-state index contributed by atoms with van der Waals surface area (Å²) < 4.78 is 15.8. The quantitative estimate of drug-likeness (QED) is 0.402. The van der Waals surface area contributed by atoms with Gasteiger partial charge in [-0.15, -0.1) is 16.8 Å². The Morgan fingerprint density at radius 1 is 1.25 bits per heavy atom. The molecule has 1 N–H and O–H groups in total. The Morgan fingerprint density at radius 3 is 2.79 bits per heavy atom. The van der Waals surface area contributed by atoms with Crippen molar-refractivity contribution in [2.75, 3.05) is 11.1 Å². The monoisotopic (exact) mass is 436 g/mol. The molecule has 0 saturated heterocycles. The van der Waals surface area contributed by atoms with Crippen LogP contribution in [0.5, 0.6) is 0 Å². The lowest BCUT2D eigenvalue weighted by Crippen LogP contribution is -2.15. The Morgan fingerprint density at radius 2 is 2.04 bits per heavy atom. The molecule has 0 spiro atoms. The van der Waals surface area contributed by atoms with Crippen molar-refractivity contribution in [2.24, 2.45) is 0 Å². The third kappa shape index (κ3) is 4.73. The second kappa shape index (κ2) is 9.23. The molecule has 3 rings (SSSR count). The van der Waals surface area contributed by atoms with Crippen LogP contribution < -0.4 is 5.32 Å². The number of hydrogen-bond acceptors (Lipinski definition) is 4. The summed E-state index contributed by atoms with van der Waals surface area (Å²) >= 11 is 13.2. The number of carbonyl (C=O) groups excluding carboxylic acids is 1. The molecule has 0 aliphatic carbocycles. The first-order valence-electron chi connectivity index (χ1n) is 8.16. The predicted octanol–water partition coefficient (Wildman–Crippen LogP) is 5.31. The van der Waals surface area contributed by atoms with E-state index in [-0.39, 0.29) is 11.7 Å². The highest BCUT2D eigenvalue weighted by atomic mass is 35.5. The molecule has 1 amide bonds. The van der Waals surface area contributed by atoms with Crippen LogP contribution in [0.2, 0.25) is 10.0 Å². The Hall–Kier alpha value is -2.35. The van der Waals surface area contributed by atoms with Crippen molar-refractivity contribution in [2.45, 2.75) is 11.7 Å². The van der Waals surface area contributed by atoms with Crippen LogP contribution in [-0.4, -0.2) is 26.4 Å². The molecular weight excluding hydrogens is 422 g/mol. The second-order valence-electron chi connectivity index (χ2n) is 5.65. The number of nitrogens with zero attached hydrogens (tertiary/aromatic N) is 3. The standard InChI is InChI=1S/C19H15Cl2FN4OS/c1-2-9-26-18(13-5-3-4-6-15(13)22)24-25-19(26)28-11-17(27)23-16-10-12(20)7-8-14(16)21/h2-8,10H,1,9,11H2,(H,23,27). The van der Waals surface area contributed by atoms with E-state index >= 15 is 0 Å². The zero-order chi connectivity index (χ0) is 20.1. The van der Waals surface area contributed by atoms with E-state index in [1.54, 1.807) is 47.0 Å². The third-order valence-corrected chi connectivity index (χ3v) is 5.21. The van der Waals surface area contributed by atoms with Crippen molar-refractivity contribution in [1.29, 1.82) is 0 Å². The molecule has 0 fully saturated rings. The van der Waals surface area contributed by atoms with Gasteiger partial charge < -0.3 is 5.32 Å². The molecule has 1 aromatic heterocycles. The van der Waals surface area contributed by atoms with Crippen LogP contribution in [0.15, 0.2) is 60.3 Å². The van der Waals surface area contributed by atoms with Gasteiger partial charge in [0.25, 0.3) is 0 Å². The summed E-state index contributed by atoms with van der Waals surface area (Å²) in [6, 6.07) is 11.1. The van der Waals surface area contributed by atoms with E-state index in [1.807, 2.05) is 0 Å². The van der Waals surface area contributed by atoms with Crippen molar-refractivity contribution in [1.82, 2.24) is 14.8 Å². The summed E-state index contributed by atoms with van der Waals surface area (Å²) in [7, 11) is 0. The fourth-order valence-corrected chi connectivity index (χ4v) is 3.53.